The first kappa shape index (κ1) is 9.20. The van der Waals surface area contributed by atoms with Gasteiger partial charge in [-0.05, 0) is 26.0 Å². The van der Waals surface area contributed by atoms with E-state index in [0.717, 1.165) is 4.88 Å². The maximum Gasteiger partial charge on any atom is 0.118 e. The predicted molar refractivity (Wildman–Crippen MR) is 47.3 cm³/mol. The van der Waals surface area contributed by atoms with Crippen LogP contribution in [0.3, 0.4) is 0 Å². The van der Waals surface area contributed by atoms with Crippen LogP contribution < -0.4 is 5.90 Å². The standard InChI is InChI=1S/C8H10N2OS/c1-8(2,11-10)7-4-3-6(5-9)12-7/h3-4H,10H2,1-2H3. The molecule has 0 saturated heterocycles. The normalized spacial score (nSPS) is 11.2. The number of hydrogen-bond donors (Lipinski definition) is 1. The Morgan fingerprint density at radius 2 is 2.25 bits per heavy atom. The first-order valence-corrected chi connectivity index (χ1v) is 4.30. The first-order valence-electron chi connectivity index (χ1n) is 3.48. The molecule has 3 nitrogen and oxygen atoms in total. The molecular weight excluding hydrogens is 172 g/mol. The van der Waals surface area contributed by atoms with E-state index in [0.29, 0.717) is 4.88 Å². The summed E-state index contributed by atoms with van der Waals surface area (Å²) in [5, 5.41) is 8.58. The summed E-state index contributed by atoms with van der Waals surface area (Å²) in [6.07, 6.45) is 0. The fourth-order valence-electron chi connectivity index (χ4n) is 0.780. The van der Waals surface area contributed by atoms with Crippen molar-refractivity contribution in [2.45, 2.75) is 19.4 Å². The lowest BCUT2D eigenvalue weighted by molar-refractivity contribution is -0.0208. The van der Waals surface area contributed by atoms with Crippen LogP contribution in [-0.2, 0) is 10.4 Å². The average Bonchev–Trinajstić information content (AvgIpc) is 2.52. The van der Waals surface area contributed by atoms with Gasteiger partial charge in [-0.3, -0.25) is 4.84 Å². The second-order valence-corrected chi connectivity index (χ2v) is 3.99. The highest BCUT2D eigenvalue weighted by atomic mass is 32.1. The lowest BCUT2D eigenvalue weighted by Crippen LogP contribution is -2.23. The summed E-state index contributed by atoms with van der Waals surface area (Å²) in [6.45, 7) is 3.72. The molecule has 0 fully saturated rings. The Hall–Kier alpha value is -0.890. The molecule has 1 aromatic rings. The zero-order chi connectivity index (χ0) is 9.19. The fourth-order valence-corrected chi connectivity index (χ4v) is 1.63. The quantitative estimate of drug-likeness (QED) is 0.709. The molecule has 0 aromatic carbocycles. The monoisotopic (exact) mass is 182 g/mol. The summed E-state index contributed by atoms with van der Waals surface area (Å²) >= 11 is 1.40. The molecule has 0 atom stereocenters. The van der Waals surface area contributed by atoms with Gasteiger partial charge in [-0.2, -0.15) is 5.26 Å². The SMILES string of the molecule is CC(C)(ON)c1ccc(C#N)s1. The minimum atomic E-state index is -0.500. The number of hydrogen-bond acceptors (Lipinski definition) is 4. The molecule has 0 spiro atoms. The van der Waals surface area contributed by atoms with Crippen molar-refractivity contribution in [1.29, 1.82) is 5.26 Å². The Morgan fingerprint density at radius 1 is 1.58 bits per heavy atom. The highest BCUT2D eigenvalue weighted by Crippen LogP contribution is 2.29. The van der Waals surface area contributed by atoms with Crippen LogP contribution in [0.4, 0.5) is 0 Å². The van der Waals surface area contributed by atoms with Crippen molar-refractivity contribution in [2.75, 3.05) is 0 Å². The van der Waals surface area contributed by atoms with Crippen molar-refractivity contribution in [3.63, 3.8) is 0 Å². The molecule has 2 N–H and O–H groups in total. The third-order valence-corrected chi connectivity index (χ3v) is 2.90. The van der Waals surface area contributed by atoms with E-state index in [4.69, 9.17) is 16.0 Å². The lowest BCUT2D eigenvalue weighted by Gasteiger charge is -2.19. The molecule has 12 heavy (non-hydrogen) atoms. The number of nitrogens with zero attached hydrogens (tertiary/aromatic N) is 1. The van der Waals surface area contributed by atoms with Crippen molar-refractivity contribution >= 4 is 11.3 Å². The molecule has 0 aliphatic carbocycles. The summed E-state index contributed by atoms with van der Waals surface area (Å²) in [5.41, 5.74) is -0.500. The van der Waals surface area contributed by atoms with Crippen molar-refractivity contribution in [3.05, 3.63) is 21.9 Å². The molecule has 64 valence electrons. The maximum absolute atomic E-state index is 8.58. The van der Waals surface area contributed by atoms with Crippen LogP contribution in [0.2, 0.25) is 0 Å². The minimum Gasteiger partial charge on any atom is -0.293 e. The smallest absolute Gasteiger partial charge is 0.118 e. The van der Waals surface area contributed by atoms with Gasteiger partial charge in [0.05, 0.1) is 0 Å². The molecule has 1 aromatic heterocycles. The molecule has 0 bridgehead atoms. The van der Waals surface area contributed by atoms with E-state index >= 15 is 0 Å². The molecule has 1 rings (SSSR count). The van der Waals surface area contributed by atoms with Crippen molar-refractivity contribution in [1.82, 2.24) is 0 Å². The predicted octanol–water partition coefficient (Wildman–Crippen LogP) is 1.75. The van der Waals surface area contributed by atoms with Crippen LogP contribution in [0.15, 0.2) is 12.1 Å². The van der Waals surface area contributed by atoms with Gasteiger partial charge >= 0.3 is 0 Å². The number of nitriles is 1. The van der Waals surface area contributed by atoms with Gasteiger partial charge in [0.15, 0.2) is 0 Å². The second-order valence-electron chi connectivity index (χ2n) is 2.90. The van der Waals surface area contributed by atoms with E-state index in [1.54, 1.807) is 6.07 Å². The Labute approximate surface area is 75.3 Å². The van der Waals surface area contributed by atoms with Gasteiger partial charge < -0.3 is 0 Å². The summed E-state index contributed by atoms with van der Waals surface area (Å²) in [7, 11) is 0. The third kappa shape index (κ3) is 1.64. The van der Waals surface area contributed by atoms with Crippen molar-refractivity contribution in [3.8, 4) is 6.07 Å². The Balaban J connectivity index is 2.98. The largest absolute Gasteiger partial charge is 0.293 e. The second kappa shape index (κ2) is 3.23. The van der Waals surface area contributed by atoms with E-state index in [-0.39, 0.29) is 0 Å². The molecule has 0 aliphatic rings. The van der Waals surface area contributed by atoms with Gasteiger partial charge in [0.25, 0.3) is 0 Å². The van der Waals surface area contributed by atoms with Crippen LogP contribution in [0.25, 0.3) is 0 Å². The highest BCUT2D eigenvalue weighted by molar-refractivity contribution is 7.12. The molecule has 1 heterocycles. The minimum absolute atomic E-state index is 0.500. The first-order chi connectivity index (χ1) is 5.60. The van der Waals surface area contributed by atoms with Gasteiger partial charge in [0.2, 0.25) is 0 Å². The Kier molecular flexibility index (Phi) is 2.48. The summed E-state index contributed by atoms with van der Waals surface area (Å²) in [5.74, 6) is 5.11. The fraction of sp³-hybridized carbons (Fsp3) is 0.375. The molecular formula is C8H10N2OS. The van der Waals surface area contributed by atoms with Gasteiger partial charge in [-0.15, -0.1) is 11.3 Å². The summed E-state index contributed by atoms with van der Waals surface area (Å²) in [6, 6.07) is 5.69. The van der Waals surface area contributed by atoms with Gasteiger partial charge in [0, 0.05) is 4.88 Å². The van der Waals surface area contributed by atoms with E-state index in [2.05, 4.69) is 6.07 Å². The van der Waals surface area contributed by atoms with E-state index in [1.165, 1.54) is 11.3 Å². The Morgan fingerprint density at radius 3 is 2.67 bits per heavy atom. The third-order valence-electron chi connectivity index (χ3n) is 1.60. The van der Waals surface area contributed by atoms with E-state index in [9.17, 15) is 0 Å². The van der Waals surface area contributed by atoms with Crippen molar-refractivity contribution < 1.29 is 4.84 Å². The van der Waals surface area contributed by atoms with Gasteiger partial charge in [-0.1, -0.05) is 0 Å². The van der Waals surface area contributed by atoms with Crippen LogP contribution in [0, 0.1) is 11.3 Å². The van der Waals surface area contributed by atoms with E-state index in [1.807, 2.05) is 19.9 Å². The molecule has 4 heteroatoms. The van der Waals surface area contributed by atoms with Crippen LogP contribution in [-0.4, -0.2) is 0 Å². The Bertz CT molecular complexity index is 311. The number of rotatable bonds is 2. The zero-order valence-corrected chi connectivity index (χ0v) is 7.81. The highest BCUT2D eigenvalue weighted by Gasteiger charge is 2.22. The number of thiophene rings is 1. The molecule has 0 unspecified atom stereocenters. The summed E-state index contributed by atoms with van der Waals surface area (Å²) < 4.78 is 0. The topological polar surface area (TPSA) is 59.0 Å². The molecule has 0 aliphatic heterocycles. The zero-order valence-electron chi connectivity index (χ0n) is 7.00. The molecule has 0 saturated carbocycles. The number of nitrogens with two attached hydrogens (primary N) is 1. The van der Waals surface area contributed by atoms with Crippen LogP contribution in [0.5, 0.6) is 0 Å². The van der Waals surface area contributed by atoms with Crippen LogP contribution in [0.1, 0.15) is 23.6 Å². The molecule has 0 amide bonds. The maximum atomic E-state index is 8.58. The van der Waals surface area contributed by atoms with Gasteiger partial charge in [-0.25, -0.2) is 5.90 Å². The lowest BCUT2D eigenvalue weighted by atomic mass is 10.1. The van der Waals surface area contributed by atoms with Gasteiger partial charge in [0.1, 0.15) is 16.5 Å². The average molecular weight is 182 g/mol. The van der Waals surface area contributed by atoms with E-state index < -0.39 is 5.60 Å². The van der Waals surface area contributed by atoms with Crippen molar-refractivity contribution in [2.24, 2.45) is 5.90 Å². The molecule has 0 radical (unpaired) electrons. The summed E-state index contributed by atoms with van der Waals surface area (Å²) in [4.78, 5) is 6.42. The van der Waals surface area contributed by atoms with Crippen LogP contribution >= 0.6 is 11.3 Å².